The van der Waals surface area contributed by atoms with Crippen LogP contribution in [-0.2, 0) is 0 Å². The van der Waals surface area contributed by atoms with Crippen molar-refractivity contribution in [2.75, 3.05) is 18.5 Å². The number of aromatic nitrogens is 2. The quantitative estimate of drug-likeness (QED) is 0.823. The Morgan fingerprint density at radius 2 is 2.26 bits per heavy atom. The lowest BCUT2D eigenvalue weighted by molar-refractivity contribution is 0.304. The molecule has 0 radical (unpaired) electrons. The molecule has 0 bridgehead atoms. The molecule has 1 aromatic rings. The van der Waals surface area contributed by atoms with Crippen LogP contribution in [0.2, 0.25) is 0 Å². The fourth-order valence-corrected chi connectivity index (χ4v) is 2.56. The average Bonchev–Trinajstić information content (AvgIpc) is 2.83. The van der Waals surface area contributed by atoms with Crippen LogP contribution < -0.4 is 15.8 Å². The number of anilines is 1. The molecule has 2 unspecified atom stereocenters. The Hall–Kier alpha value is -1.36. The summed E-state index contributed by atoms with van der Waals surface area (Å²) in [6.45, 7) is 5.45. The molecule has 0 saturated heterocycles. The highest BCUT2D eigenvalue weighted by Gasteiger charge is 2.26. The standard InChI is InChI=1S/C14H24N4O/c1-3-7-19-13-8-10(2)16-14(18-13)17-12-6-4-5-11(12)9-15/h8,11-12H,3-7,9,15H2,1-2H3,(H,16,17,18). The van der Waals surface area contributed by atoms with Crippen molar-refractivity contribution in [3.05, 3.63) is 11.8 Å². The number of nitrogens with one attached hydrogen (secondary N) is 1. The van der Waals surface area contributed by atoms with Gasteiger partial charge in [0.2, 0.25) is 11.8 Å². The monoisotopic (exact) mass is 264 g/mol. The highest BCUT2D eigenvalue weighted by molar-refractivity contribution is 5.32. The van der Waals surface area contributed by atoms with Crippen molar-refractivity contribution in [1.29, 1.82) is 0 Å². The first-order valence-electron chi connectivity index (χ1n) is 7.18. The van der Waals surface area contributed by atoms with Crippen LogP contribution in [-0.4, -0.2) is 29.2 Å². The number of ether oxygens (including phenoxy) is 1. The molecule has 1 fully saturated rings. The second kappa shape index (κ2) is 6.70. The van der Waals surface area contributed by atoms with E-state index in [9.17, 15) is 0 Å². The molecule has 5 nitrogen and oxygen atoms in total. The second-order valence-electron chi connectivity index (χ2n) is 5.20. The van der Waals surface area contributed by atoms with Crippen LogP contribution >= 0.6 is 0 Å². The minimum atomic E-state index is 0.394. The van der Waals surface area contributed by atoms with Gasteiger partial charge in [0.15, 0.2) is 0 Å². The molecular weight excluding hydrogens is 240 g/mol. The highest BCUT2D eigenvalue weighted by atomic mass is 16.5. The summed E-state index contributed by atoms with van der Waals surface area (Å²) in [6.07, 6.45) is 4.54. The largest absolute Gasteiger partial charge is 0.478 e. The molecule has 0 spiro atoms. The van der Waals surface area contributed by atoms with E-state index in [1.54, 1.807) is 0 Å². The van der Waals surface area contributed by atoms with E-state index in [2.05, 4.69) is 22.2 Å². The van der Waals surface area contributed by atoms with Crippen molar-refractivity contribution in [3.63, 3.8) is 0 Å². The van der Waals surface area contributed by atoms with Gasteiger partial charge in [-0.1, -0.05) is 13.3 Å². The van der Waals surface area contributed by atoms with Gasteiger partial charge in [-0.05, 0) is 38.6 Å². The number of aryl methyl sites for hydroxylation is 1. The van der Waals surface area contributed by atoms with Crippen molar-refractivity contribution in [3.8, 4) is 5.88 Å². The minimum Gasteiger partial charge on any atom is -0.478 e. The van der Waals surface area contributed by atoms with Crippen molar-refractivity contribution >= 4 is 5.95 Å². The number of nitrogens with zero attached hydrogens (tertiary/aromatic N) is 2. The lowest BCUT2D eigenvalue weighted by Gasteiger charge is -2.19. The predicted molar refractivity (Wildman–Crippen MR) is 76.4 cm³/mol. The Morgan fingerprint density at radius 3 is 3.00 bits per heavy atom. The molecule has 2 rings (SSSR count). The van der Waals surface area contributed by atoms with Gasteiger partial charge in [0.1, 0.15) is 0 Å². The molecule has 0 amide bonds. The summed E-state index contributed by atoms with van der Waals surface area (Å²) in [4.78, 5) is 8.85. The first-order valence-corrected chi connectivity index (χ1v) is 7.18. The maximum atomic E-state index is 5.80. The molecule has 0 aliphatic heterocycles. The van der Waals surface area contributed by atoms with Crippen molar-refractivity contribution in [2.24, 2.45) is 11.7 Å². The second-order valence-corrected chi connectivity index (χ2v) is 5.20. The van der Waals surface area contributed by atoms with Crippen LogP contribution in [0.1, 0.15) is 38.3 Å². The van der Waals surface area contributed by atoms with Gasteiger partial charge in [-0.15, -0.1) is 0 Å². The first-order chi connectivity index (χ1) is 9.22. The summed E-state index contributed by atoms with van der Waals surface area (Å²) in [6, 6.07) is 2.27. The van der Waals surface area contributed by atoms with Gasteiger partial charge in [-0.3, -0.25) is 0 Å². The zero-order valence-corrected chi connectivity index (χ0v) is 11.9. The van der Waals surface area contributed by atoms with Crippen molar-refractivity contribution < 1.29 is 4.74 Å². The molecule has 19 heavy (non-hydrogen) atoms. The summed E-state index contributed by atoms with van der Waals surface area (Å²) in [5.74, 6) is 1.85. The fourth-order valence-electron chi connectivity index (χ4n) is 2.56. The summed E-state index contributed by atoms with van der Waals surface area (Å²) < 4.78 is 5.58. The Balaban J connectivity index is 2.04. The smallest absolute Gasteiger partial charge is 0.226 e. The molecule has 1 aliphatic carbocycles. The molecular formula is C14H24N4O. The SMILES string of the molecule is CCCOc1cc(C)nc(NC2CCCC2CN)n1. The van der Waals surface area contributed by atoms with E-state index in [0.29, 0.717) is 30.4 Å². The van der Waals surface area contributed by atoms with Gasteiger partial charge in [-0.2, -0.15) is 4.98 Å². The average molecular weight is 264 g/mol. The molecule has 106 valence electrons. The maximum Gasteiger partial charge on any atom is 0.226 e. The third-order valence-corrected chi connectivity index (χ3v) is 3.56. The summed E-state index contributed by atoms with van der Waals surface area (Å²) >= 11 is 0. The Morgan fingerprint density at radius 1 is 1.42 bits per heavy atom. The lowest BCUT2D eigenvalue weighted by atomic mass is 10.0. The number of rotatable bonds is 6. The molecule has 5 heteroatoms. The third kappa shape index (κ3) is 3.80. The fraction of sp³-hybridized carbons (Fsp3) is 0.714. The van der Waals surface area contributed by atoms with Crippen LogP contribution in [0.15, 0.2) is 6.07 Å². The van der Waals surface area contributed by atoms with Gasteiger partial charge in [-0.25, -0.2) is 4.98 Å². The van der Waals surface area contributed by atoms with Crippen LogP contribution in [0.3, 0.4) is 0 Å². The van der Waals surface area contributed by atoms with E-state index in [-0.39, 0.29) is 0 Å². The zero-order chi connectivity index (χ0) is 13.7. The van der Waals surface area contributed by atoms with E-state index in [4.69, 9.17) is 10.5 Å². The number of hydrogen-bond acceptors (Lipinski definition) is 5. The van der Waals surface area contributed by atoms with Crippen LogP contribution in [0.25, 0.3) is 0 Å². The number of nitrogens with two attached hydrogens (primary N) is 1. The molecule has 1 aromatic heterocycles. The first kappa shape index (κ1) is 14.1. The van der Waals surface area contributed by atoms with Crippen molar-refractivity contribution in [1.82, 2.24) is 9.97 Å². The van der Waals surface area contributed by atoms with E-state index in [1.165, 1.54) is 12.8 Å². The highest BCUT2D eigenvalue weighted by Crippen LogP contribution is 2.27. The van der Waals surface area contributed by atoms with E-state index < -0.39 is 0 Å². The molecule has 1 saturated carbocycles. The molecule has 1 heterocycles. The lowest BCUT2D eigenvalue weighted by Crippen LogP contribution is -2.30. The van der Waals surface area contributed by atoms with Gasteiger partial charge >= 0.3 is 0 Å². The number of hydrogen-bond donors (Lipinski definition) is 2. The minimum absolute atomic E-state index is 0.394. The Bertz CT molecular complexity index is 410. The molecule has 1 aliphatic rings. The van der Waals surface area contributed by atoms with E-state index >= 15 is 0 Å². The van der Waals surface area contributed by atoms with Crippen LogP contribution in [0.5, 0.6) is 5.88 Å². The van der Waals surface area contributed by atoms with Crippen LogP contribution in [0, 0.1) is 12.8 Å². The van der Waals surface area contributed by atoms with E-state index in [0.717, 1.165) is 25.1 Å². The van der Waals surface area contributed by atoms with Gasteiger partial charge in [0.25, 0.3) is 0 Å². The molecule has 2 atom stereocenters. The summed E-state index contributed by atoms with van der Waals surface area (Å²) in [7, 11) is 0. The molecule has 3 N–H and O–H groups in total. The summed E-state index contributed by atoms with van der Waals surface area (Å²) in [5, 5.41) is 3.42. The third-order valence-electron chi connectivity index (χ3n) is 3.56. The topological polar surface area (TPSA) is 73.1 Å². The molecule has 0 aromatic carbocycles. The van der Waals surface area contributed by atoms with Gasteiger partial charge in [0.05, 0.1) is 6.61 Å². The normalized spacial score (nSPS) is 22.5. The zero-order valence-electron chi connectivity index (χ0n) is 11.9. The summed E-state index contributed by atoms with van der Waals surface area (Å²) in [5.41, 5.74) is 6.72. The maximum absolute atomic E-state index is 5.80. The Kier molecular flexibility index (Phi) is 4.96. The predicted octanol–water partition coefficient (Wildman–Crippen LogP) is 2.11. The van der Waals surface area contributed by atoms with Crippen LogP contribution in [0.4, 0.5) is 5.95 Å². The van der Waals surface area contributed by atoms with Gasteiger partial charge < -0.3 is 15.8 Å². The Labute approximate surface area is 115 Å². The van der Waals surface area contributed by atoms with E-state index in [1.807, 2.05) is 13.0 Å². The van der Waals surface area contributed by atoms with Gasteiger partial charge in [0, 0.05) is 17.8 Å². The van der Waals surface area contributed by atoms with Crippen molar-refractivity contribution in [2.45, 2.75) is 45.6 Å².